The molecule has 2 heteroatoms. The molecule has 1 rings (SSSR count). The third-order valence-corrected chi connectivity index (χ3v) is 2.99. The van der Waals surface area contributed by atoms with E-state index in [0.717, 1.165) is 5.92 Å². The molecule has 2 atom stereocenters. The molecule has 0 N–H and O–H groups in total. The van der Waals surface area contributed by atoms with Crippen LogP contribution in [0, 0.1) is 11.8 Å². The summed E-state index contributed by atoms with van der Waals surface area (Å²) in [5.41, 5.74) is 0. The van der Waals surface area contributed by atoms with Crippen molar-refractivity contribution >= 4 is 5.97 Å². The number of hydrogen-bond donors (Lipinski definition) is 0. The molecule has 0 aromatic heterocycles. The van der Waals surface area contributed by atoms with Crippen molar-refractivity contribution in [3.8, 4) is 0 Å². The monoisotopic (exact) mass is 184 g/mol. The van der Waals surface area contributed by atoms with E-state index >= 15 is 0 Å². The lowest BCUT2D eigenvalue weighted by Crippen LogP contribution is -2.09. The topological polar surface area (TPSA) is 26.3 Å². The molecule has 0 radical (unpaired) electrons. The molecule has 0 amide bonds. The van der Waals surface area contributed by atoms with Crippen LogP contribution in [-0.2, 0) is 9.53 Å². The summed E-state index contributed by atoms with van der Waals surface area (Å²) >= 11 is 0. The van der Waals surface area contributed by atoms with Gasteiger partial charge in [-0.25, -0.2) is 0 Å². The number of ether oxygens (including phenoxy) is 1. The standard InChI is InChI=1S/C11H20O2/c1-3-9-5-6-10(7-9)8-11(12)13-4-2/h9-10H,3-8H2,1-2H3/t9-,10-/m0/s1. The molecule has 76 valence electrons. The lowest BCUT2D eigenvalue weighted by molar-refractivity contribution is -0.144. The van der Waals surface area contributed by atoms with Gasteiger partial charge in [-0.2, -0.15) is 0 Å². The van der Waals surface area contributed by atoms with Crippen LogP contribution in [0.15, 0.2) is 0 Å². The number of hydrogen-bond acceptors (Lipinski definition) is 2. The van der Waals surface area contributed by atoms with Crippen LogP contribution in [-0.4, -0.2) is 12.6 Å². The summed E-state index contributed by atoms with van der Waals surface area (Å²) in [5, 5.41) is 0. The average molecular weight is 184 g/mol. The maximum absolute atomic E-state index is 11.2. The first-order valence-corrected chi connectivity index (χ1v) is 5.41. The summed E-state index contributed by atoms with van der Waals surface area (Å²) in [4.78, 5) is 11.2. The van der Waals surface area contributed by atoms with E-state index in [1.807, 2.05) is 6.92 Å². The molecular formula is C11H20O2. The second-order valence-corrected chi connectivity index (χ2v) is 3.96. The summed E-state index contributed by atoms with van der Waals surface area (Å²) in [5.74, 6) is 1.45. The predicted octanol–water partition coefficient (Wildman–Crippen LogP) is 2.77. The number of esters is 1. The molecule has 1 aliphatic carbocycles. The number of carbonyl (C=O) groups is 1. The fraction of sp³-hybridized carbons (Fsp3) is 0.909. The fourth-order valence-electron chi connectivity index (χ4n) is 2.19. The molecular weight excluding hydrogens is 164 g/mol. The van der Waals surface area contributed by atoms with Gasteiger partial charge in [-0.1, -0.05) is 19.8 Å². The highest BCUT2D eigenvalue weighted by molar-refractivity contribution is 5.69. The van der Waals surface area contributed by atoms with Crippen LogP contribution in [0.1, 0.15) is 46.0 Å². The Morgan fingerprint density at radius 1 is 1.31 bits per heavy atom. The lowest BCUT2D eigenvalue weighted by Gasteiger charge is -2.08. The van der Waals surface area contributed by atoms with E-state index in [1.165, 1.54) is 25.7 Å². The van der Waals surface area contributed by atoms with Crippen molar-refractivity contribution in [1.82, 2.24) is 0 Å². The van der Waals surface area contributed by atoms with E-state index in [4.69, 9.17) is 4.74 Å². The van der Waals surface area contributed by atoms with Crippen LogP contribution >= 0.6 is 0 Å². The molecule has 13 heavy (non-hydrogen) atoms. The Morgan fingerprint density at radius 2 is 2.00 bits per heavy atom. The zero-order chi connectivity index (χ0) is 9.68. The highest BCUT2D eigenvalue weighted by Crippen LogP contribution is 2.34. The summed E-state index contributed by atoms with van der Waals surface area (Å²) in [6.07, 6.45) is 5.66. The van der Waals surface area contributed by atoms with Crippen molar-refractivity contribution in [2.24, 2.45) is 11.8 Å². The highest BCUT2D eigenvalue weighted by atomic mass is 16.5. The summed E-state index contributed by atoms with van der Waals surface area (Å²) < 4.78 is 4.93. The third-order valence-electron chi connectivity index (χ3n) is 2.99. The Morgan fingerprint density at radius 3 is 2.54 bits per heavy atom. The van der Waals surface area contributed by atoms with Crippen molar-refractivity contribution in [3.05, 3.63) is 0 Å². The Labute approximate surface area is 80.7 Å². The van der Waals surface area contributed by atoms with Crippen LogP contribution in [0.25, 0.3) is 0 Å². The van der Waals surface area contributed by atoms with E-state index in [9.17, 15) is 4.79 Å². The summed E-state index contributed by atoms with van der Waals surface area (Å²) in [7, 11) is 0. The highest BCUT2D eigenvalue weighted by Gasteiger charge is 2.25. The molecule has 0 bridgehead atoms. The van der Waals surface area contributed by atoms with Crippen LogP contribution in [0.4, 0.5) is 0 Å². The maximum Gasteiger partial charge on any atom is 0.306 e. The van der Waals surface area contributed by atoms with Gasteiger partial charge in [0.1, 0.15) is 0 Å². The zero-order valence-electron chi connectivity index (χ0n) is 8.71. The minimum atomic E-state index is -0.00995. The molecule has 0 saturated heterocycles. The van der Waals surface area contributed by atoms with E-state index in [1.54, 1.807) is 0 Å². The van der Waals surface area contributed by atoms with Gasteiger partial charge in [-0.05, 0) is 31.6 Å². The molecule has 0 heterocycles. The van der Waals surface area contributed by atoms with Crippen molar-refractivity contribution in [1.29, 1.82) is 0 Å². The molecule has 1 aliphatic rings. The first-order chi connectivity index (χ1) is 6.26. The number of rotatable bonds is 4. The second kappa shape index (κ2) is 5.25. The molecule has 0 aliphatic heterocycles. The molecule has 2 nitrogen and oxygen atoms in total. The van der Waals surface area contributed by atoms with E-state index < -0.39 is 0 Å². The lowest BCUT2D eigenvalue weighted by atomic mass is 10.0. The largest absolute Gasteiger partial charge is 0.466 e. The fourth-order valence-corrected chi connectivity index (χ4v) is 2.19. The maximum atomic E-state index is 11.2. The average Bonchev–Trinajstić information content (AvgIpc) is 2.52. The minimum absolute atomic E-state index is 0.00995. The second-order valence-electron chi connectivity index (χ2n) is 3.96. The van der Waals surface area contributed by atoms with Gasteiger partial charge < -0.3 is 4.74 Å². The van der Waals surface area contributed by atoms with Gasteiger partial charge in [-0.15, -0.1) is 0 Å². The molecule has 1 saturated carbocycles. The Bertz CT molecular complexity index is 165. The quantitative estimate of drug-likeness (QED) is 0.628. The van der Waals surface area contributed by atoms with E-state index in [0.29, 0.717) is 18.9 Å². The van der Waals surface area contributed by atoms with Gasteiger partial charge in [0.05, 0.1) is 6.61 Å². The van der Waals surface area contributed by atoms with E-state index in [-0.39, 0.29) is 5.97 Å². The van der Waals surface area contributed by atoms with Gasteiger partial charge in [0, 0.05) is 6.42 Å². The Hall–Kier alpha value is -0.530. The zero-order valence-corrected chi connectivity index (χ0v) is 8.71. The Balaban J connectivity index is 2.19. The van der Waals surface area contributed by atoms with Crippen molar-refractivity contribution < 1.29 is 9.53 Å². The summed E-state index contributed by atoms with van der Waals surface area (Å²) in [6.45, 7) is 4.61. The van der Waals surface area contributed by atoms with Crippen LogP contribution in [0.5, 0.6) is 0 Å². The van der Waals surface area contributed by atoms with Gasteiger partial charge in [0.2, 0.25) is 0 Å². The van der Waals surface area contributed by atoms with Gasteiger partial charge in [0.15, 0.2) is 0 Å². The smallest absolute Gasteiger partial charge is 0.306 e. The van der Waals surface area contributed by atoms with Crippen molar-refractivity contribution in [2.45, 2.75) is 46.0 Å². The summed E-state index contributed by atoms with van der Waals surface area (Å²) in [6, 6.07) is 0. The minimum Gasteiger partial charge on any atom is -0.466 e. The normalized spacial score (nSPS) is 27.5. The van der Waals surface area contributed by atoms with Crippen molar-refractivity contribution in [2.75, 3.05) is 6.61 Å². The van der Waals surface area contributed by atoms with Gasteiger partial charge in [0.25, 0.3) is 0 Å². The first-order valence-electron chi connectivity index (χ1n) is 5.41. The molecule has 1 fully saturated rings. The van der Waals surface area contributed by atoms with Crippen LogP contribution in [0.2, 0.25) is 0 Å². The van der Waals surface area contributed by atoms with Crippen LogP contribution < -0.4 is 0 Å². The van der Waals surface area contributed by atoms with Gasteiger partial charge in [-0.3, -0.25) is 4.79 Å². The molecule has 0 aromatic rings. The molecule has 0 unspecified atom stereocenters. The number of carbonyl (C=O) groups excluding carboxylic acids is 1. The third kappa shape index (κ3) is 3.37. The molecule has 0 spiro atoms. The van der Waals surface area contributed by atoms with E-state index in [2.05, 4.69) is 6.92 Å². The first kappa shape index (κ1) is 10.6. The SMILES string of the molecule is CCOC(=O)C[C@H]1CC[C@H](CC)C1. The predicted molar refractivity (Wildman–Crippen MR) is 52.4 cm³/mol. The van der Waals surface area contributed by atoms with Crippen LogP contribution in [0.3, 0.4) is 0 Å². The van der Waals surface area contributed by atoms with Crippen molar-refractivity contribution in [3.63, 3.8) is 0 Å². The van der Waals surface area contributed by atoms with Gasteiger partial charge >= 0.3 is 5.97 Å². The molecule has 0 aromatic carbocycles. The Kier molecular flexibility index (Phi) is 4.26.